The van der Waals surface area contributed by atoms with E-state index in [4.69, 9.17) is 16.3 Å². The molecule has 3 rings (SSSR count). The molecule has 0 spiro atoms. The number of ether oxygens (including phenoxy) is 1. The Morgan fingerprint density at radius 1 is 1.09 bits per heavy atom. The van der Waals surface area contributed by atoms with E-state index in [1.165, 1.54) is 11.8 Å². The van der Waals surface area contributed by atoms with Gasteiger partial charge in [0.1, 0.15) is 12.4 Å². The van der Waals surface area contributed by atoms with Crippen LogP contribution in [0.15, 0.2) is 59.8 Å². The molecule has 0 aliphatic carbocycles. The molecule has 0 saturated carbocycles. The number of halogens is 1. The lowest BCUT2D eigenvalue weighted by Crippen LogP contribution is -2.33. The molecule has 1 unspecified atom stereocenters. The first-order valence-corrected chi connectivity index (χ1v) is 12.5. The number of thioether (sulfide) groups is 1. The number of hydrogen-bond donors (Lipinski definition) is 0. The highest BCUT2D eigenvalue weighted by molar-refractivity contribution is 8.00. The Bertz CT molecular complexity index is 1040. The van der Waals surface area contributed by atoms with Crippen LogP contribution in [0.4, 0.5) is 0 Å². The Kier molecular flexibility index (Phi) is 9.21. The van der Waals surface area contributed by atoms with Crippen LogP contribution in [-0.4, -0.2) is 37.9 Å². The second-order valence-electron chi connectivity index (χ2n) is 7.90. The van der Waals surface area contributed by atoms with Gasteiger partial charge in [-0.1, -0.05) is 79.7 Å². The van der Waals surface area contributed by atoms with Gasteiger partial charge in [0.15, 0.2) is 11.0 Å². The fraction of sp³-hybridized carbons (Fsp3) is 0.400. The average Bonchev–Trinajstić information content (AvgIpc) is 3.21. The number of aromatic nitrogens is 3. The summed E-state index contributed by atoms with van der Waals surface area (Å²) >= 11 is 7.67. The van der Waals surface area contributed by atoms with Crippen molar-refractivity contribution in [1.82, 2.24) is 19.7 Å². The van der Waals surface area contributed by atoms with Gasteiger partial charge in [0.05, 0.1) is 10.3 Å². The summed E-state index contributed by atoms with van der Waals surface area (Å²) in [7, 11) is 1.83. The van der Waals surface area contributed by atoms with E-state index in [1.54, 1.807) is 11.0 Å². The molecule has 0 aliphatic rings. The lowest BCUT2D eigenvalue weighted by Gasteiger charge is -2.23. The van der Waals surface area contributed by atoms with Crippen molar-refractivity contribution in [2.45, 2.75) is 63.2 Å². The van der Waals surface area contributed by atoms with Crippen LogP contribution in [-0.2, 0) is 17.9 Å². The molecule has 1 atom stereocenters. The molecule has 1 amide bonds. The van der Waals surface area contributed by atoms with E-state index in [2.05, 4.69) is 28.6 Å². The summed E-state index contributed by atoms with van der Waals surface area (Å²) in [4.78, 5) is 14.8. The number of carbonyl (C=O) groups excluding carboxylic acids is 1. The number of nitrogens with zero attached hydrogens (tertiary/aromatic N) is 4. The largest absolute Gasteiger partial charge is 0.484 e. The molecule has 33 heavy (non-hydrogen) atoms. The summed E-state index contributed by atoms with van der Waals surface area (Å²) in [5.74, 6) is 1.39. The predicted molar refractivity (Wildman–Crippen MR) is 134 cm³/mol. The average molecular weight is 487 g/mol. The molecule has 0 N–H and O–H groups in total. The van der Waals surface area contributed by atoms with Crippen LogP contribution >= 0.6 is 23.4 Å². The van der Waals surface area contributed by atoms with Crippen LogP contribution in [0, 0.1) is 0 Å². The highest BCUT2D eigenvalue weighted by Crippen LogP contribution is 2.30. The van der Waals surface area contributed by atoms with Gasteiger partial charge in [-0.3, -0.25) is 4.79 Å². The zero-order chi connectivity index (χ0) is 23.8. The van der Waals surface area contributed by atoms with Crippen LogP contribution in [0.5, 0.6) is 5.75 Å². The summed E-state index contributed by atoms with van der Waals surface area (Å²) in [5.41, 5.74) is 1.10. The fourth-order valence-electron chi connectivity index (χ4n) is 3.66. The maximum Gasteiger partial charge on any atom is 0.235 e. The van der Waals surface area contributed by atoms with Gasteiger partial charge in [-0.05, 0) is 37.5 Å². The number of carbonyl (C=O) groups is 1. The lowest BCUT2D eigenvalue weighted by molar-refractivity contribution is -0.129. The molecule has 0 radical (unpaired) electrons. The van der Waals surface area contributed by atoms with Crippen molar-refractivity contribution >= 4 is 29.3 Å². The number of rotatable bonds is 11. The topological polar surface area (TPSA) is 60.2 Å². The molecular weight excluding hydrogens is 456 g/mol. The maximum absolute atomic E-state index is 13.0. The van der Waals surface area contributed by atoms with Crippen molar-refractivity contribution < 1.29 is 9.53 Å². The van der Waals surface area contributed by atoms with Crippen molar-refractivity contribution in [2.75, 3.05) is 7.05 Å². The molecule has 176 valence electrons. The van der Waals surface area contributed by atoms with E-state index in [0.29, 0.717) is 17.3 Å². The monoisotopic (exact) mass is 486 g/mol. The van der Waals surface area contributed by atoms with E-state index in [9.17, 15) is 4.79 Å². The van der Waals surface area contributed by atoms with Crippen LogP contribution in [0.3, 0.4) is 0 Å². The van der Waals surface area contributed by atoms with Gasteiger partial charge < -0.3 is 14.2 Å². The van der Waals surface area contributed by atoms with E-state index in [1.807, 2.05) is 62.5 Å². The molecule has 0 saturated heterocycles. The second kappa shape index (κ2) is 12.1. The minimum atomic E-state index is -0.298. The molecule has 1 heterocycles. The van der Waals surface area contributed by atoms with Gasteiger partial charge >= 0.3 is 0 Å². The van der Waals surface area contributed by atoms with Crippen LogP contribution in [0.2, 0.25) is 5.02 Å². The first kappa shape index (κ1) is 25.1. The van der Waals surface area contributed by atoms with Crippen molar-refractivity contribution in [1.29, 1.82) is 0 Å². The summed E-state index contributed by atoms with van der Waals surface area (Å²) in [6.07, 6.45) is 1.86. The molecule has 3 aromatic rings. The number of hydrogen-bond acceptors (Lipinski definition) is 5. The SMILES string of the molecule is CCC(CC)n1c(COc2ccccc2Cl)nnc1SC(C)C(=O)N(C)Cc1ccccc1. The molecule has 0 fully saturated rings. The van der Waals surface area contributed by atoms with Crippen molar-refractivity contribution in [3.8, 4) is 5.75 Å². The van der Waals surface area contributed by atoms with Crippen LogP contribution in [0.25, 0.3) is 0 Å². The Labute approximate surface area is 205 Å². The smallest absolute Gasteiger partial charge is 0.235 e. The second-order valence-corrected chi connectivity index (χ2v) is 9.61. The van der Waals surface area contributed by atoms with Gasteiger partial charge in [0.25, 0.3) is 0 Å². The van der Waals surface area contributed by atoms with E-state index < -0.39 is 0 Å². The van der Waals surface area contributed by atoms with Gasteiger partial charge in [-0.2, -0.15) is 0 Å². The maximum atomic E-state index is 13.0. The van der Waals surface area contributed by atoms with Crippen molar-refractivity contribution in [3.63, 3.8) is 0 Å². The molecular formula is C25H31ClN4O2S. The highest BCUT2D eigenvalue weighted by atomic mass is 35.5. The highest BCUT2D eigenvalue weighted by Gasteiger charge is 2.25. The summed E-state index contributed by atoms with van der Waals surface area (Å²) in [6, 6.07) is 17.6. The predicted octanol–water partition coefficient (Wildman–Crippen LogP) is 6.01. The normalized spacial score (nSPS) is 12.1. The van der Waals surface area contributed by atoms with Gasteiger partial charge in [0, 0.05) is 19.6 Å². The molecule has 2 aromatic carbocycles. The van der Waals surface area contributed by atoms with Gasteiger partial charge in [-0.25, -0.2) is 0 Å². The van der Waals surface area contributed by atoms with E-state index in [0.717, 1.165) is 29.4 Å². The molecule has 0 aliphatic heterocycles. The third-order valence-corrected chi connectivity index (χ3v) is 6.86. The number of amides is 1. The standard InChI is InChI=1S/C25H31ClN4O2S/c1-5-20(6-2)30-23(17-32-22-15-11-10-14-21(22)26)27-28-25(30)33-18(3)24(31)29(4)16-19-12-8-7-9-13-19/h7-15,18,20H,5-6,16-17H2,1-4H3. The van der Waals surface area contributed by atoms with Gasteiger partial charge in [0.2, 0.25) is 5.91 Å². The first-order valence-electron chi connectivity index (χ1n) is 11.2. The fourth-order valence-corrected chi connectivity index (χ4v) is 4.91. The minimum absolute atomic E-state index is 0.0526. The van der Waals surface area contributed by atoms with Crippen LogP contribution < -0.4 is 4.74 Å². The third-order valence-electron chi connectivity index (χ3n) is 5.50. The first-order chi connectivity index (χ1) is 15.9. The Balaban J connectivity index is 1.74. The van der Waals surface area contributed by atoms with Crippen LogP contribution in [0.1, 0.15) is 51.0 Å². The van der Waals surface area contributed by atoms with E-state index in [-0.39, 0.29) is 23.8 Å². The van der Waals surface area contributed by atoms with Crippen molar-refractivity contribution in [3.05, 3.63) is 71.0 Å². The molecule has 8 heteroatoms. The summed E-state index contributed by atoms with van der Waals surface area (Å²) in [6.45, 7) is 7.03. The zero-order valence-electron chi connectivity index (χ0n) is 19.6. The van der Waals surface area contributed by atoms with Crippen molar-refractivity contribution in [2.24, 2.45) is 0 Å². The quantitative estimate of drug-likeness (QED) is 0.310. The zero-order valence-corrected chi connectivity index (χ0v) is 21.1. The summed E-state index contributed by atoms with van der Waals surface area (Å²) in [5, 5.41) is 9.82. The Morgan fingerprint density at radius 3 is 2.42 bits per heavy atom. The molecule has 6 nitrogen and oxygen atoms in total. The Morgan fingerprint density at radius 2 is 1.76 bits per heavy atom. The number of benzene rings is 2. The molecule has 0 bridgehead atoms. The third kappa shape index (κ3) is 6.51. The van der Waals surface area contributed by atoms with E-state index >= 15 is 0 Å². The molecule has 1 aromatic heterocycles. The summed E-state index contributed by atoms with van der Waals surface area (Å²) < 4.78 is 8.05. The minimum Gasteiger partial charge on any atom is -0.484 e. The lowest BCUT2D eigenvalue weighted by atomic mass is 10.2. The number of para-hydroxylation sites is 1. The Hall–Kier alpha value is -2.51. The van der Waals surface area contributed by atoms with Gasteiger partial charge in [-0.15, -0.1) is 10.2 Å².